The number of carbonyl (C=O) groups is 2. The van der Waals surface area contributed by atoms with Crippen LogP contribution < -0.4 is 9.47 Å². The highest BCUT2D eigenvalue weighted by Gasteiger charge is 2.43. The maximum Gasteiger partial charge on any atom is 0.254 e. The third-order valence-electron chi connectivity index (χ3n) is 6.77. The average Bonchev–Trinajstić information content (AvgIpc) is 3.33. The minimum atomic E-state index is -0.405. The van der Waals surface area contributed by atoms with E-state index < -0.39 is 5.92 Å². The zero-order valence-electron chi connectivity index (χ0n) is 20.7. The predicted octanol–water partition coefficient (Wildman–Crippen LogP) is 4.53. The molecule has 0 aliphatic carbocycles. The van der Waals surface area contributed by atoms with Crippen molar-refractivity contribution in [2.75, 3.05) is 34.4 Å². The first-order valence-electron chi connectivity index (χ1n) is 11.8. The Labute approximate surface area is 207 Å². The van der Waals surface area contributed by atoms with Crippen molar-refractivity contribution in [3.8, 4) is 11.5 Å². The minimum absolute atomic E-state index is 0.00353. The summed E-state index contributed by atoms with van der Waals surface area (Å²) in [6.07, 6.45) is 0. The fraction of sp³-hybridized carbons (Fsp3) is 0.310. The van der Waals surface area contributed by atoms with Gasteiger partial charge in [-0.05, 0) is 42.3 Å². The van der Waals surface area contributed by atoms with E-state index in [0.717, 1.165) is 16.7 Å². The minimum Gasteiger partial charge on any atom is -0.497 e. The third-order valence-corrected chi connectivity index (χ3v) is 6.77. The molecule has 3 aromatic rings. The SMILES string of the molecule is COc1ccc(OC)c([C@H]2CN(C(=O)c3ccccc3C)C[C@H]2C(=O)N(C)Cc2ccccc2)c1. The van der Waals surface area contributed by atoms with Crippen molar-refractivity contribution in [2.45, 2.75) is 19.4 Å². The van der Waals surface area contributed by atoms with Crippen LogP contribution in [-0.4, -0.2) is 56.0 Å². The van der Waals surface area contributed by atoms with Gasteiger partial charge in [-0.1, -0.05) is 48.5 Å². The fourth-order valence-corrected chi connectivity index (χ4v) is 4.87. The Balaban J connectivity index is 1.68. The van der Waals surface area contributed by atoms with Gasteiger partial charge in [0.15, 0.2) is 0 Å². The number of rotatable bonds is 7. The van der Waals surface area contributed by atoms with Crippen LogP contribution in [0.3, 0.4) is 0 Å². The lowest BCUT2D eigenvalue weighted by atomic mass is 9.87. The molecule has 0 unspecified atom stereocenters. The Morgan fingerprint density at radius 3 is 2.34 bits per heavy atom. The van der Waals surface area contributed by atoms with E-state index in [4.69, 9.17) is 9.47 Å². The van der Waals surface area contributed by atoms with E-state index in [1.165, 1.54) is 0 Å². The largest absolute Gasteiger partial charge is 0.497 e. The summed E-state index contributed by atoms with van der Waals surface area (Å²) in [6.45, 7) is 3.20. The summed E-state index contributed by atoms with van der Waals surface area (Å²) < 4.78 is 11.1. The summed E-state index contributed by atoms with van der Waals surface area (Å²) in [5, 5.41) is 0. The van der Waals surface area contributed by atoms with Crippen molar-refractivity contribution in [3.63, 3.8) is 0 Å². The highest BCUT2D eigenvalue weighted by atomic mass is 16.5. The van der Waals surface area contributed by atoms with Gasteiger partial charge in [-0.3, -0.25) is 9.59 Å². The molecule has 6 nitrogen and oxygen atoms in total. The number of amides is 2. The summed E-state index contributed by atoms with van der Waals surface area (Å²) in [4.78, 5) is 30.8. The maximum absolute atomic E-state index is 13.8. The molecule has 0 saturated carbocycles. The first kappa shape index (κ1) is 24.3. The van der Waals surface area contributed by atoms with Gasteiger partial charge in [-0.2, -0.15) is 0 Å². The molecule has 0 spiro atoms. The number of aryl methyl sites for hydroxylation is 1. The first-order valence-corrected chi connectivity index (χ1v) is 11.8. The van der Waals surface area contributed by atoms with Gasteiger partial charge in [0.05, 0.1) is 20.1 Å². The summed E-state index contributed by atoms with van der Waals surface area (Å²) in [7, 11) is 5.06. The molecule has 4 rings (SSSR count). The molecule has 1 aliphatic rings. The summed E-state index contributed by atoms with van der Waals surface area (Å²) >= 11 is 0. The van der Waals surface area contributed by atoms with Gasteiger partial charge in [0.25, 0.3) is 5.91 Å². The molecule has 1 saturated heterocycles. The molecule has 0 aromatic heterocycles. The number of benzene rings is 3. The van der Waals surface area contributed by atoms with E-state index in [-0.39, 0.29) is 17.7 Å². The second-order valence-electron chi connectivity index (χ2n) is 9.03. The Hall–Kier alpha value is -3.80. The number of hydrogen-bond acceptors (Lipinski definition) is 4. The molecule has 35 heavy (non-hydrogen) atoms. The van der Waals surface area contributed by atoms with Gasteiger partial charge < -0.3 is 19.3 Å². The van der Waals surface area contributed by atoms with Gasteiger partial charge in [0.2, 0.25) is 5.91 Å². The molecule has 6 heteroatoms. The van der Waals surface area contributed by atoms with Gasteiger partial charge >= 0.3 is 0 Å². The Bertz CT molecular complexity index is 1190. The molecule has 2 atom stereocenters. The van der Waals surface area contributed by atoms with Crippen molar-refractivity contribution in [3.05, 3.63) is 95.1 Å². The summed E-state index contributed by atoms with van der Waals surface area (Å²) in [5.74, 6) is 0.689. The molecule has 1 fully saturated rings. The van der Waals surface area contributed by atoms with Crippen LogP contribution in [0.5, 0.6) is 11.5 Å². The number of carbonyl (C=O) groups excluding carboxylic acids is 2. The first-order chi connectivity index (χ1) is 16.9. The number of methoxy groups -OCH3 is 2. The van der Waals surface area contributed by atoms with E-state index in [1.807, 2.05) is 86.8 Å². The maximum atomic E-state index is 13.8. The van der Waals surface area contributed by atoms with Crippen LogP contribution in [-0.2, 0) is 11.3 Å². The number of likely N-dealkylation sites (tertiary alicyclic amines) is 1. The zero-order chi connectivity index (χ0) is 24.9. The number of ether oxygens (including phenoxy) is 2. The van der Waals surface area contributed by atoms with E-state index in [0.29, 0.717) is 36.7 Å². The highest BCUT2D eigenvalue weighted by Crippen LogP contribution is 2.40. The van der Waals surface area contributed by atoms with Crippen LogP contribution in [0.4, 0.5) is 0 Å². The van der Waals surface area contributed by atoms with E-state index in [2.05, 4.69) is 0 Å². The van der Waals surface area contributed by atoms with Crippen molar-refractivity contribution in [1.82, 2.24) is 9.80 Å². The van der Waals surface area contributed by atoms with Crippen molar-refractivity contribution in [2.24, 2.45) is 5.92 Å². The second-order valence-corrected chi connectivity index (χ2v) is 9.03. The summed E-state index contributed by atoms with van der Waals surface area (Å²) in [6, 6.07) is 23.1. The van der Waals surface area contributed by atoms with Crippen LogP contribution >= 0.6 is 0 Å². The molecular weight excluding hydrogens is 440 g/mol. The fourth-order valence-electron chi connectivity index (χ4n) is 4.87. The molecule has 1 heterocycles. The molecule has 3 aromatic carbocycles. The Morgan fingerprint density at radius 2 is 1.66 bits per heavy atom. The van der Waals surface area contributed by atoms with Crippen LogP contribution in [0.2, 0.25) is 0 Å². The third kappa shape index (κ3) is 5.16. The topological polar surface area (TPSA) is 59.1 Å². The molecule has 1 aliphatic heterocycles. The second kappa shape index (κ2) is 10.6. The number of hydrogen-bond donors (Lipinski definition) is 0. The molecule has 0 N–H and O–H groups in total. The average molecular weight is 473 g/mol. The Morgan fingerprint density at radius 1 is 0.943 bits per heavy atom. The van der Waals surface area contributed by atoms with Gasteiger partial charge in [0, 0.05) is 43.7 Å². The van der Waals surface area contributed by atoms with Crippen LogP contribution in [0.25, 0.3) is 0 Å². The monoisotopic (exact) mass is 472 g/mol. The molecular formula is C29H32N2O4. The number of nitrogens with zero attached hydrogens (tertiary/aromatic N) is 2. The van der Waals surface area contributed by atoms with Gasteiger partial charge in [-0.25, -0.2) is 0 Å². The lowest BCUT2D eigenvalue weighted by molar-refractivity contribution is -0.134. The molecule has 2 amide bonds. The molecule has 0 radical (unpaired) electrons. The predicted molar refractivity (Wildman–Crippen MR) is 136 cm³/mol. The zero-order valence-corrected chi connectivity index (χ0v) is 20.7. The van der Waals surface area contributed by atoms with Gasteiger partial charge in [0.1, 0.15) is 11.5 Å². The van der Waals surface area contributed by atoms with Crippen LogP contribution in [0, 0.1) is 12.8 Å². The smallest absolute Gasteiger partial charge is 0.254 e. The molecule has 182 valence electrons. The van der Waals surface area contributed by atoms with E-state index in [1.54, 1.807) is 24.0 Å². The van der Waals surface area contributed by atoms with E-state index in [9.17, 15) is 9.59 Å². The van der Waals surface area contributed by atoms with Crippen molar-refractivity contribution < 1.29 is 19.1 Å². The lowest BCUT2D eigenvalue weighted by Gasteiger charge is -2.25. The van der Waals surface area contributed by atoms with Gasteiger partial charge in [-0.15, -0.1) is 0 Å². The normalized spacial score (nSPS) is 17.2. The lowest BCUT2D eigenvalue weighted by Crippen LogP contribution is -2.36. The molecule has 0 bridgehead atoms. The van der Waals surface area contributed by atoms with Crippen molar-refractivity contribution >= 4 is 11.8 Å². The highest BCUT2D eigenvalue weighted by molar-refractivity contribution is 5.96. The van der Waals surface area contributed by atoms with Crippen LogP contribution in [0.15, 0.2) is 72.8 Å². The van der Waals surface area contributed by atoms with Crippen LogP contribution in [0.1, 0.15) is 33.0 Å². The summed E-state index contributed by atoms with van der Waals surface area (Å²) in [5.41, 5.74) is 3.52. The standard InChI is InChI=1S/C29H32N2O4/c1-20-10-8-9-13-23(20)29(33)31-18-25(24-16-22(34-3)14-15-27(24)35-4)26(19-31)28(32)30(2)17-21-11-6-5-7-12-21/h5-16,25-26H,17-19H2,1-4H3/t25-,26-/m1/s1. The van der Waals surface area contributed by atoms with Crippen molar-refractivity contribution in [1.29, 1.82) is 0 Å². The van der Waals surface area contributed by atoms with E-state index >= 15 is 0 Å². The Kier molecular flexibility index (Phi) is 7.39. The quantitative estimate of drug-likeness (QED) is 0.507.